The fraction of sp³-hybridized carbons (Fsp3) is 0.308. The Kier molecular flexibility index (Phi) is 3.73. The Morgan fingerprint density at radius 2 is 2.05 bits per heavy atom. The van der Waals surface area contributed by atoms with Crippen LogP contribution in [0.5, 0.6) is 0 Å². The van der Waals surface area contributed by atoms with Gasteiger partial charge in [-0.25, -0.2) is 13.1 Å². The van der Waals surface area contributed by atoms with Crippen molar-refractivity contribution in [2.75, 3.05) is 12.3 Å². The molecule has 0 aliphatic carbocycles. The second-order valence-corrected chi connectivity index (χ2v) is 6.53. The second-order valence-electron chi connectivity index (χ2n) is 4.80. The first-order valence-electron chi connectivity index (χ1n) is 6.04. The zero-order valence-electron chi connectivity index (χ0n) is 10.9. The van der Waals surface area contributed by atoms with E-state index in [1.54, 1.807) is 24.4 Å². The van der Waals surface area contributed by atoms with E-state index in [0.717, 1.165) is 0 Å². The van der Waals surface area contributed by atoms with E-state index in [1.807, 2.05) is 13.8 Å². The van der Waals surface area contributed by atoms with Crippen molar-refractivity contribution in [2.45, 2.75) is 18.7 Å². The van der Waals surface area contributed by atoms with Gasteiger partial charge in [0, 0.05) is 23.8 Å². The number of pyridine rings is 1. The van der Waals surface area contributed by atoms with Crippen molar-refractivity contribution in [3.05, 3.63) is 30.5 Å². The molecule has 6 heteroatoms. The van der Waals surface area contributed by atoms with E-state index in [0.29, 0.717) is 23.1 Å². The highest BCUT2D eigenvalue weighted by molar-refractivity contribution is 7.89. The minimum absolute atomic E-state index is 0.165. The van der Waals surface area contributed by atoms with Crippen LogP contribution in [0.2, 0.25) is 0 Å². The fourth-order valence-corrected chi connectivity index (χ4v) is 3.11. The first-order chi connectivity index (χ1) is 8.92. The minimum Gasteiger partial charge on any atom is -0.398 e. The van der Waals surface area contributed by atoms with Gasteiger partial charge < -0.3 is 5.73 Å². The van der Waals surface area contributed by atoms with Crippen LogP contribution < -0.4 is 10.5 Å². The molecule has 0 saturated heterocycles. The molecule has 1 aromatic heterocycles. The number of fused-ring (bicyclic) bond motifs is 1. The van der Waals surface area contributed by atoms with Gasteiger partial charge in [-0.2, -0.15) is 0 Å². The number of nitrogen functional groups attached to an aromatic ring is 1. The molecule has 0 spiro atoms. The lowest BCUT2D eigenvalue weighted by atomic mass is 10.2. The van der Waals surface area contributed by atoms with Gasteiger partial charge in [0.25, 0.3) is 0 Å². The molecule has 0 atom stereocenters. The van der Waals surface area contributed by atoms with Crippen molar-refractivity contribution in [1.29, 1.82) is 0 Å². The summed E-state index contributed by atoms with van der Waals surface area (Å²) in [5.41, 5.74) is 6.76. The molecule has 1 aromatic carbocycles. The Balaban J connectivity index is 2.54. The number of sulfonamides is 1. The number of nitrogens with two attached hydrogens (primary N) is 1. The molecule has 0 aliphatic rings. The third-order valence-corrected chi connectivity index (χ3v) is 4.19. The van der Waals surface area contributed by atoms with E-state index in [9.17, 15) is 8.42 Å². The molecule has 0 saturated carbocycles. The molecule has 0 radical (unpaired) electrons. The van der Waals surface area contributed by atoms with Gasteiger partial charge in [-0.1, -0.05) is 13.8 Å². The van der Waals surface area contributed by atoms with Crippen molar-refractivity contribution < 1.29 is 8.42 Å². The molecule has 5 nitrogen and oxygen atoms in total. The Morgan fingerprint density at radius 1 is 1.32 bits per heavy atom. The number of benzene rings is 1. The second kappa shape index (κ2) is 5.14. The summed E-state index contributed by atoms with van der Waals surface area (Å²) in [7, 11) is -3.57. The van der Waals surface area contributed by atoms with Crippen LogP contribution >= 0.6 is 0 Å². The number of rotatable bonds is 4. The Labute approximate surface area is 112 Å². The maximum atomic E-state index is 12.3. The topological polar surface area (TPSA) is 85.1 Å². The van der Waals surface area contributed by atoms with Crippen LogP contribution in [0.25, 0.3) is 10.9 Å². The van der Waals surface area contributed by atoms with E-state index < -0.39 is 10.0 Å². The number of aromatic nitrogens is 1. The SMILES string of the molecule is CC(C)CNS(=O)(=O)c1ccc(N)c2cccnc12. The lowest BCUT2D eigenvalue weighted by Gasteiger charge is -2.11. The molecule has 0 fully saturated rings. The molecule has 2 aromatic rings. The lowest BCUT2D eigenvalue weighted by molar-refractivity contribution is 0.561. The van der Waals surface area contributed by atoms with E-state index in [1.165, 1.54) is 6.07 Å². The van der Waals surface area contributed by atoms with Crippen LogP contribution in [0.3, 0.4) is 0 Å². The highest BCUT2D eigenvalue weighted by Crippen LogP contribution is 2.25. The van der Waals surface area contributed by atoms with Crippen LogP contribution in [-0.4, -0.2) is 19.9 Å². The summed E-state index contributed by atoms with van der Waals surface area (Å²) in [6.07, 6.45) is 1.56. The van der Waals surface area contributed by atoms with Gasteiger partial charge in [0.05, 0.1) is 5.52 Å². The summed E-state index contributed by atoms with van der Waals surface area (Å²) in [5.74, 6) is 0.239. The van der Waals surface area contributed by atoms with Gasteiger partial charge in [0.2, 0.25) is 10.0 Å². The molecule has 0 amide bonds. The number of hydrogen-bond acceptors (Lipinski definition) is 4. The number of nitrogens with one attached hydrogen (secondary N) is 1. The number of anilines is 1. The zero-order chi connectivity index (χ0) is 14.0. The van der Waals surface area contributed by atoms with Crippen LogP contribution in [0.1, 0.15) is 13.8 Å². The van der Waals surface area contributed by atoms with E-state index >= 15 is 0 Å². The van der Waals surface area contributed by atoms with Crippen LogP contribution in [-0.2, 0) is 10.0 Å². The van der Waals surface area contributed by atoms with Crippen LogP contribution in [0, 0.1) is 5.92 Å². The standard InChI is InChI=1S/C13H17N3O2S/c1-9(2)8-16-19(17,18)12-6-5-11(14)10-4-3-7-15-13(10)12/h3-7,9,16H,8,14H2,1-2H3. The average Bonchev–Trinajstić information content (AvgIpc) is 2.37. The number of hydrogen-bond donors (Lipinski definition) is 2. The lowest BCUT2D eigenvalue weighted by Crippen LogP contribution is -2.27. The molecule has 0 aliphatic heterocycles. The third-order valence-electron chi connectivity index (χ3n) is 2.74. The highest BCUT2D eigenvalue weighted by atomic mass is 32.2. The summed E-state index contributed by atoms with van der Waals surface area (Å²) in [6.45, 7) is 4.28. The van der Waals surface area contributed by atoms with Gasteiger partial charge in [0.15, 0.2) is 0 Å². The van der Waals surface area contributed by atoms with Gasteiger partial charge in [0.1, 0.15) is 4.90 Å². The van der Waals surface area contributed by atoms with Gasteiger partial charge in [-0.05, 0) is 30.2 Å². The van der Waals surface area contributed by atoms with Crippen molar-refractivity contribution in [1.82, 2.24) is 9.71 Å². The molecule has 2 rings (SSSR count). The average molecular weight is 279 g/mol. The maximum absolute atomic E-state index is 12.3. The maximum Gasteiger partial charge on any atom is 0.242 e. The monoisotopic (exact) mass is 279 g/mol. The van der Waals surface area contributed by atoms with Gasteiger partial charge >= 0.3 is 0 Å². The van der Waals surface area contributed by atoms with Gasteiger partial charge in [-0.3, -0.25) is 4.98 Å². The van der Waals surface area contributed by atoms with Crippen molar-refractivity contribution in [3.8, 4) is 0 Å². The Bertz CT molecular complexity index is 696. The van der Waals surface area contributed by atoms with E-state index in [-0.39, 0.29) is 10.8 Å². The normalized spacial score (nSPS) is 12.2. The summed E-state index contributed by atoms with van der Waals surface area (Å²) in [5, 5.41) is 0.648. The predicted octanol–water partition coefficient (Wildman–Crippen LogP) is 1.75. The highest BCUT2D eigenvalue weighted by Gasteiger charge is 2.19. The van der Waals surface area contributed by atoms with E-state index in [4.69, 9.17) is 5.73 Å². The molecular weight excluding hydrogens is 262 g/mol. The predicted molar refractivity (Wildman–Crippen MR) is 76.2 cm³/mol. The molecular formula is C13H17N3O2S. The third kappa shape index (κ3) is 2.85. The van der Waals surface area contributed by atoms with Crippen molar-refractivity contribution in [3.63, 3.8) is 0 Å². The largest absolute Gasteiger partial charge is 0.398 e. The summed E-state index contributed by atoms with van der Waals surface area (Å²) in [6, 6.07) is 6.58. The van der Waals surface area contributed by atoms with Crippen LogP contribution in [0.15, 0.2) is 35.4 Å². The minimum atomic E-state index is -3.57. The Hall–Kier alpha value is -1.66. The molecule has 102 valence electrons. The summed E-state index contributed by atoms with van der Waals surface area (Å²) >= 11 is 0. The first kappa shape index (κ1) is 13.8. The Morgan fingerprint density at radius 3 is 2.74 bits per heavy atom. The van der Waals surface area contributed by atoms with Crippen molar-refractivity contribution in [2.24, 2.45) is 5.92 Å². The molecule has 19 heavy (non-hydrogen) atoms. The smallest absolute Gasteiger partial charge is 0.242 e. The van der Waals surface area contributed by atoms with Gasteiger partial charge in [-0.15, -0.1) is 0 Å². The quantitative estimate of drug-likeness (QED) is 0.835. The first-order valence-corrected chi connectivity index (χ1v) is 7.53. The van der Waals surface area contributed by atoms with Crippen LogP contribution in [0.4, 0.5) is 5.69 Å². The molecule has 0 bridgehead atoms. The molecule has 3 N–H and O–H groups in total. The summed E-state index contributed by atoms with van der Waals surface area (Å²) < 4.78 is 27.1. The molecule has 0 unspecified atom stereocenters. The molecule has 1 heterocycles. The zero-order valence-corrected chi connectivity index (χ0v) is 11.7. The van der Waals surface area contributed by atoms with E-state index in [2.05, 4.69) is 9.71 Å². The fourth-order valence-electron chi connectivity index (χ4n) is 1.74. The number of nitrogens with zero attached hydrogens (tertiary/aromatic N) is 1. The van der Waals surface area contributed by atoms with Crippen molar-refractivity contribution >= 4 is 26.6 Å². The summed E-state index contributed by atoms with van der Waals surface area (Å²) in [4.78, 5) is 4.30.